The van der Waals surface area contributed by atoms with Gasteiger partial charge < -0.3 is 14.8 Å². The van der Waals surface area contributed by atoms with Crippen LogP contribution in [0.4, 0.5) is 5.82 Å². The number of nitrogens with one attached hydrogen (secondary N) is 1. The number of para-hydroxylation sites is 1. The fourth-order valence-corrected chi connectivity index (χ4v) is 3.89. The average molecular weight is 380 g/mol. The molecule has 0 spiro atoms. The molecule has 4 rings (SSSR count). The molecule has 1 atom stereocenters. The maximum Gasteiger partial charge on any atom is 0.157 e. The second-order valence-corrected chi connectivity index (χ2v) is 7.50. The molecule has 6 heteroatoms. The van der Waals surface area contributed by atoms with Gasteiger partial charge in [-0.05, 0) is 39.7 Å². The van der Waals surface area contributed by atoms with Crippen molar-refractivity contribution in [1.82, 2.24) is 14.6 Å². The van der Waals surface area contributed by atoms with Crippen LogP contribution in [0.1, 0.15) is 54.2 Å². The largest absolute Gasteiger partial charge is 0.496 e. The summed E-state index contributed by atoms with van der Waals surface area (Å²) in [5.74, 6) is 2.31. The van der Waals surface area contributed by atoms with Crippen LogP contribution in [0.15, 0.2) is 30.3 Å². The van der Waals surface area contributed by atoms with E-state index in [-0.39, 0.29) is 6.04 Å². The first-order chi connectivity index (χ1) is 13.6. The van der Waals surface area contributed by atoms with E-state index >= 15 is 0 Å². The number of hydrogen-bond acceptors (Lipinski definition) is 5. The van der Waals surface area contributed by atoms with Crippen molar-refractivity contribution in [2.24, 2.45) is 0 Å². The molecule has 3 heterocycles. The van der Waals surface area contributed by atoms with Crippen LogP contribution in [0.5, 0.6) is 5.75 Å². The lowest BCUT2D eigenvalue weighted by Gasteiger charge is -2.21. The Morgan fingerprint density at radius 2 is 1.96 bits per heavy atom. The number of anilines is 1. The van der Waals surface area contributed by atoms with Gasteiger partial charge in [0.15, 0.2) is 5.65 Å². The highest BCUT2D eigenvalue weighted by Crippen LogP contribution is 2.31. The fraction of sp³-hybridized carbons (Fsp3) is 0.455. The van der Waals surface area contributed by atoms with Gasteiger partial charge in [-0.1, -0.05) is 18.2 Å². The first-order valence-corrected chi connectivity index (χ1v) is 9.92. The lowest BCUT2D eigenvalue weighted by molar-refractivity contribution is 0.0844. The van der Waals surface area contributed by atoms with E-state index in [0.29, 0.717) is 5.92 Å². The Labute approximate surface area is 165 Å². The van der Waals surface area contributed by atoms with Crippen LogP contribution in [-0.4, -0.2) is 34.9 Å². The summed E-state index contributed by atoms with van der Waals surface area (Å²) < 4.78 is 13.0. The van der Waals surface area contributed by atoms with Crippen LogP contribution in [0, 0.1) is 13.8 Å². The van der Waals surface area contributed by atoms with E-state index in [2.05, 4.69) is 38.2 Å². The Morgan fingerprint density at radius 1 is 1.21 bits per heavy atom. The van der Waals surface area contributed by atoms with Gasteiger partial charge in [0.25, 0.3) is 0 Å². The van der Waals surface area contributed by atoms with E-state index in [4.69, 9.17) is 19.6 Å². The molecule has 0 bridgehead atoms. The van der Waals surface area contributed by atoms with Crippen LogP contribution in [0.25, 0.3) is 5.65 Å². The number of rotatable bonds is 5. The molecule has 0 radical (unpaired) electrons. The van der Waals surface area contributed by atoms with Gasteiger partial charge in [0.2, 0.25) is 0 Å². The molecule has 3 aromatic rings. The Bertz CT molecular complexity index is 976. The van der Waals surface area contributed by atoms with Crippen molar-refractivity contribution in [2.75, 3.05) is 25.6 Å². The normalized spacial score (nSPS) is 16.3. The van der Waals surface area contributed by atoms with Gasteiger partial charge in [-0.3, -0.25) is 0 Å². The maximum atomic E-state index is 5.54. The number of benzene rings is 1. The third-order valence-electron chi connectivity index (χ3n) is 5.70. The van der Waals surface area contributed by atoms with E-state index in [1.807, 2.05) is 22.7 Å². The fourth-order valence-electron chi connectivity index (χ4n) is 3.89. The minimum absolute atomic E-state index is 0.0654. The molecule has 1 N–H and O–H groups in total. The topological polar surface area (TPSA) is 60.7 Å². The van der Waals surface area contributed by atoms with Gasteiger partial charge in [0.1, 0.15) is 11.6 Å². The summed E-state index contributed by atoms with van der Waals surface area (Å²) in [6, 6.07) is 10.3. The number of hydrogen-bond donors (Lipinski definition) is 1. The van der Waals surface area contributed by atoms with Crippen molar-refractivity contribution in [3.05, 3.63) is 52.8 Å². The molecule has 2 aromatic heterocycles. The number of methoxy groups -OCH3 is 1. The molecule has 0 amide bonds. The first kappa shape index (κ1) is 18.7. The van der Waals surface area contributed by atoms with Crippen LogP contribution in [0.2, 0.25) is 0 Å². The molecule has 1 fully saturated rings. The van der Waals surface area contributed by atoms with Gasteiger partial charge >= 0.3 is 0 Å². The third kappa shape index (κ3) is 3.44. The highest BCUT2D eigenvalue weighted by Gasteiger charge is 2.22. The summed E-state index contributed by atoms with van der Waals surface area (Å²) >= 11 is 0. The summed E-state index contributed by atoms with van der Waals surface area (Å²) in [6.45, 7) is 7.89. The van der Waals surface area contributed by atoms with E-state index in [1.165, 1.54) is 0 Å². The molecule has 28 heavy (non-hydrogen) atoms. The van der Waals surface area contributed by atoms with E-state index in [0.717, 1.165) is 65.8 Å². The van der Waals surface area contributed by atoms with Crippen molar-refractivity contribution in [3.8, 4) is 5.75 Å². The molecule has 1 aromatic carbocycles. The summed E-state index contributed by atoms with van der Waals surface area (Å²) in [5.41, 5.74) is 5.23. The monoisotopic (exact) mass is 380 g/mol. The highest BCUT2D eigenvalue weighted by atomic mass is 16.5. The Balaban J connectivity index is 1.72. The standard InChI is InChI=1S/C22H28N4O2/c1-14-15(2)23-21-13-19(17-9-11-28-12-10-17)25-26(21)22(14)24-16(3)18-7-5-6-8-20(18)27-4/h5-8,13,16-17,24H,9-12H2,1-4H3/t16-/m0/s1. The SMILES string of the molecule is COc1ccccc1[C@H](C)Nc1c(C)c(C)nc2cc(C3CCOCC3)nn12. The number of fused-ring (bicyclic) bond motifs is 1. The zero-order valence-electron chi connectivity index (χ0n) is 17.0. The Morgan fingerprint density at radius 3 is 2.71 bits per heavy atom. The second-order valence-electron chi connectivity index (χ2n) is 7.50. The summed E-state index contributed by atoms with van der Waals surface area (Å²) in [4.78, 5) is 4.77. The van der Waals surface area contributed by atoms with Crippen molar-refractivity contribution < 1.29 is 9.47 Å². The minimum atomic E-state index is 0.0654. The van der Waals surface area contributed by atoms with E-state index < -0.39 is 0 Å². The number of nitrogens with zero attached hydrogens (tertiary/aromatic N) is 3. The van der Waals surface area contributed by atoms with E-state index in [1.54, 1.807) is 7.11 Å². The van der Waals surface area contributed by atoms with Crippen molar-refractivity contribution in [3.63, 3.8) is 0 Å². The lowest BCUT2D eigenvalue weighted by atomic mass is 9.97. The summed E-state index contributed by atoms with van der Waals surface area (Å²) in [5, 5.41) is 8.59. The molecule has 1 saturated heterocycles. The van der Waals surface area contributed by atoms with Gasteiger partial charge in [-0.25, -0.2) is 4.98 Å². The lowest BCUT2D eigenvalue weighted by Crippen LogP contribution is -2.15. The molecule has 0 saturated carbocycles. The van der Waals surface area contributed by atoms with Crippen LogP contribution in [-0.2, 0) is 4.74 Å². The van der Waals surface area contributed by atoms with Crippen LogP contribution < -0.4 is 10.1 Å². The summed E-state index contributed by atoms with van der Waals surface area (Å²) in [7, 11) is 1.71. The van der Waals surface area contributed by atoms with E-state index in [9.17, 15) is 0 Å². The van der Waals surface area contributed by atoms with Crippen LogP contribution >= 0.6 is 0 Å². The van der Waals surface area contributed by atoms with Crippen molar-refractivity contribution in [2.45, 2.75) is 45.6 Å². The van der Waals surface area contributed by atoms with Gasteiger partial charge in [-0.15, -0.1) is 0 Å². The number of ether oxygens (including phenoxy) is 2. The number of aryl methyl sites for hydroxylation is 1. The smallest absolute Gasteiger partial charge is 0.157 e. The maximum absolute atomic E-state index is 5.54. The molecular formula is C22H28N4O2. The Kier molecular flexibility index (Phi) is 5.22. The summed E-state index contributed by atoms with van der Waals surface area (Å²) in [6.07, 6.45) is 2.03. The molecular weight excluding hydrogens is 352 g/mol. The molecule has 148 valence electrons. The molecule has 0 unspecified atom stereocenters. The zero-order chi connectivity index (χ0) is 19.7. The zero-order valence-corrected chi connectivity index (χ0v) is 17.0. The third-order valence-corrected chi connectivity index (χ3v) is 5.70. The van der Waals surface area contributed by atoms with Gasteiger partial charge in [0, 0.05) is 42.0 Å². The average Bonchev–Trinajstić information content (AvgIpc) is 3.15. The number of aromatic nitrogens is 3. The second kappa shape index (κ2) is 7.80. The minimum Gasteiger partial charge on any atom is -0.496 e. The van der Waals surface area contributed by atoms with Gasteiger partial charge in [0.05, 0.1) is 18.8 Å². The molecule has 1 aliphatic rings. The molecule has 6 nitrogen and oxygen atoms in total. The van der Waals surface area contributed by atoms with Crippen molar-refractivity contribution in [1.29, 1.82) is 0 Å². The highest BCUT2D eigenvalue weighted by molar-refractivity contribution is 5.57. The Hall–Kier alpha value is -2.60. The van der Waals surface area contributed by atoms with Crippen molar-refractivity contribution >= 4 is 11.5 Å². The van der Waals surface area contributed by atoms with Crippen LogP contribution in [0.3, 0.4) is 0 Å². The molecule has 0 aliphatic carbocycles. The van der Waals surface area contributed by atoms with Gasteiger partial charge in [-0.2, -0.15) is 9.61 Å². The quantitative estimate of drug-likeness (QED) is 0.710. The predicted octanol–water partition coefficient (Wildman–Crippen LogP) is 4.42. The predicted molar refractivity (Wildman–Crippen MR) is 110 cm³/mol. The molecule has 1 aliphatic heterocycles. The first-order valence-electron chi connectivity index (χ1n) is 9.92.